The molecule has 0 aliphatic carbocycles. The number of hydrogen-bond acceptors (Lipinski definition) is 3. The molecule has 0 saturated carbocycles. The van der Waals surface area contributed by atoms with Gasteiger partial charge in [-0.15, -0.1) is 0 Å². The first-order valence-corrected chi connectivity index (χ1v) is 8.18. The average molecular weight is 315 g/mol. The molecule has 0 aliphatic heterocycles. The lowest BCUT2D eigenvalue weighted by Crippen LogP contribution is -2.11. The normalized spacial score (nSPS) is 10.2. The summed E-state index contributed by atoms with van der Waals surface area (Å²) in [6.45, 7) is 0. The van der Waals surface area contributed by atoms with Gasteiger partial charge in [-0.05, 0) is 41.6 Å². The van der Waals surface area contributed by atoms with E-state index < -0.39 is 5.97 Å². The first-order valence-electron chi connectivity index (χ1n) is 6.78. The molecule has 2 aromatic rings. The van der Waals surface area contributed by atoms with Crippen LogP contribution in [-0.4, -0.2) is 23.2 Å². The third-order valence-corrected chi connectivity index (χ3v) is 3.72. The van der Waals surface area contributed by atoms with Crippen LogP contribution in [0.5, 0.6) is 0 Å². The quantitative estimate of drug-likeness (QED) is 0.857. The second-order valence-electron chi connectivity index (χ2n) is 4.85. The van der Waals surface area contributed by atoms with Gasteiger partial charge >= 0.3 is 5.97 Å². The van der Waals surface area contributed by atoms with Gasteiger partial charge in [-0.25, -0.2) is 0 Å². The van der Waals surface area contributed by atoms with Gasteiger partial charge < -0.3 is 10.4 Å². The molecule has 0 heterocycles. The molecular formula is C17H17NO3S. The number of thioether (sulfide) groups is 1. The van der Waals surface area contributed by atoms with Gasteiger partial charge in [-0.3, -0.25) is 9.59 Å². The van der Waals surface area contributed by atoms with Crippen molar-refractivity contribution in [3.63, 3.8) is 0 Å². The topological polar surface area (TPSA) is 66.4 Å². The zero-order valence-electron chi connectivity index (χ0n) is 12.2. The van der Waals surface area contributed by atoms with Crippen molar-refractivity contribution in [1.82, 2.24) is 0 Å². The highest BCUT2D eigenvalue weighted by Crippen LogP contribution is 2.14. The number of nitrogens with one attached hydrogen (secondary N) is 1. The molecule has 22 heavy (non-hydrogen) atoms. The number of benzene rings is 2. The smallest absolute Gasteiger partial charge is 0.307 e. The first-order chi connectivity index (χ1) is 10.6. The summed E-state index contributed by atoms with van der Waals surface area (Å²) < 4.78 is 0. The second-order valence-corrected chi connectivity index (χ2v) is 5.72. The molecule has 1 amide bonds. The highest BCUT2D eigenvalue weighted by molar-refractivity contribution is 7.97. The summed E-state index contributed by atoms with van der Waals surface area (Å²) in [6.07, 6.45) is 2.01. The Morgan fingerprint density at radius 2 is 1.59 bits per heavy atom. The zero-order valence-corrected chi connectivity index (χ0v) is 13.0. The van der Waals surface area contributed by atoms with Crippen molar-refractivity contribution in [2.45, 2.75) is 12.2 Å². The number of anilines is 1. The molecule has 5 heteroatoms. The van der Waals surface area contributed by atoms with E-state index in [-0.39, 0.29) is 12.3 Å². The number of carbonyl (C=O) groups is 2. The van der Waals surface area contributed by atoms with E-state index in [1.165, 1.54) is 5.56 Å². The fourth-order valence-corrected chi connectivity index (χ4v) is 2.53. The fourth-order valence-electron chi connectivity index (χ4n) is 2.00. The summed E-state index contributed by atoms with van der Waals surface area (Å²) >= 11 is 1.73. The van der Waals surface area contributed by atoms with Crippen LogP contribution < -0.4 is 5.32 Å². The minimum absolute atomic E-state index is 0.0227. The van der Waals surface area contributed by atoms with Crippen LogP contribution in [0.4, 0.5) is 5.69 Å². The molecule has 2 rings (SSSR count). The Labute approximate surface area is 133 Å². The van der Waals surface area contributed by atoms with Crippen molar-refractivity contribution in [1.29, 1.82) is 0 Å². The van der Waals surface area contributed by atoms with Crippen LogP contribution in [0.1, 0.15) is 21.5 Å². The predicted octanol–water partition coefficient (Wildman–Crippen LogP) is 3.43. The van der Waals surface area contributed by atoms with E-state index in [2.05, 4.69) is 5.32 Å². The third-order valence-electron chi connectivity index (χ3n) is 3.09. The van der Waals surface area contributed by atoms with Gasteiger partial charge in [0.15, 0.2) is 0 Å². The molecule has 0 unspecified atom stereocenters. The number of rotatable bonds is 6. The van der Waals surface area contributed by atoms with Crippen LogP contribution in [0.2, 0.25) is 0 Å². The minimum Gasteiger partial charge on any atom is -0.481 e. The maximum atomic E-state index is 12.1. The van der Waals surface area contributed by atoms with Crippen LogP contribution in [0.15, 0.2) is 48.5 Å². The summed E-state index contributed by atoms with van der Waals surface area (Å²) in [5.74, 6) is -0.128. The van der Waals surface area contributed by atoms with E-state index in [0.29, 0.717) is 16.8 Å². The summed E-state index contributed by atoms with van der Waals surface area (Å²) in [7, 11) is 0. The van der Waals surface area contributed by atoms with E-state index in [4.69, 9.17) is 5.11 Å². The second kappa shape index (κ2) is 7.66. The Morgan fingerprint density at radius 3 is 2.14 bits per heavy atom. The van der Waals surface area contributed by atoms with E-state index in [9.17, 15) is 9.59 Å². The van der Waals surface area contributed by atoms with Crippen molar-refractivity contribution in [3.05, 3.63) is 65.2 Å². The van der Waals surface area contributed by atoms with Gasteiger partial charge in [0.25, 0.3) is 5.91 Å². The predicted molar refractivity (Wildman–Crippen MR) is 89.4 cm³/mol. The Balaban J connectivity index is 2.00. The van der Waals surface area contributed by atoms with Gasteiger partial charge in [0, 0.05) is 17.0 Å². The average Bonchev–Trinajstić information content (AvgIpc) is 2.50. The van der Waals surface area contributed by atoms with Gasteiger partial charge in [0.05, 0.1) is 6.42 Å². The number of amides is 1. The molecular weight excluding hydrogens is 298 g/mol. The Hall–Kier alpha value is -2.27. The third kappa shape index (κ3) is 4.63. The molecule has 4 nitrogen and oxygen atoms in total. The molecule has 0 radical (unpaired) electrons. The largest absolute Gasteiger partial charge is 0.481 e. The van der Waals surface area contributed by atoms with Crippen molar-refractivity contribution in [2.75, 3.05) is 11.6 Å². The fraction of sp³-hybridized carbons (Fsp3) is 0.176. The van der Waals surface area contributed by atoms with Crippen LogP contribution in [-0.2, 0) is 17.0 Å². The molecule has 0 fully saturated rings. The Kier molecular flexibility index (Phi) is 5.61. The lowest BCUT2D eigenvalue weighted by molar-refractivity contribution is -0.136. The van der Waals surface area contributed by atoms with Crippen molar-refractivity contribution in [3.8, 4) is 0 Å². The van der Waals surface area contributed by atoms with E-state index in [1.54, 1.807) is 48.2 Å². The van der Waals surface area contributed by atoms with Crippen LogP contribution in [0.25, 0.3) is 0 Å². The molecule has 0 aromatic heterocycles. The van der Waals surface area contributed by atoms with Crippen molar-refractivity contribution >= 4 is 29.3 Å². The lowest BCUT2D eigenvalue weighted by atomic mass is 10.1. The standard InChI is InChI=1S/C17H17NO3S/c1-22-11-13-2-6-14(7-3-13)17(21)18-15-8-4-12(5-9-15)10-16(19)20/h2-9H,10-11H2,1H3,(H,18,21)(H,19,20). The van der Waals surface area contributed by atoms with Gasteiger partial charge in [-0.2, -0.15) is 11.8 Å². The van der Waals surface area contributed by atoms with Gasteiger partial charge in [-0.1, -0.05) is 24.3 Å². The molecule has 0 bridgehead atoms. The number of hydrogen-bond donors (Lipinski definition) is 2. The minimum atomic E-state index is -0.873. The highest BCUT2D eigenvalue weighted by atomic mass is 32.2. The van der Waals surface area contributed by atoms with E-state index in [1.807, 2.05) is 18.4 Å². The SMILES string of the molecule is CSCc1ccc(C(=O)Nc2ccc(CC(=O)O)cc2)cc1. The van der Waals surface area contributed by atoms with Gasteiger partial charge in [0.1, 0.15) is 0 Å². The summed E-state index contributed by atoms with van der Waals surface area (Å²) in [5, 5.41) is 11.5. The van der Waals surface area contributed by atoms with Crippen molar-refractivity contribution in [2.24, 2.45) is 0 Å². The summed E-state index contributed by atoms with van der Waals surface area (Å²) in [4.78, 5) is 22.8. The molecule has 0 saturated heterocycles. The first kappa shape index (κ1) is 16.1. The Morgan fingerprint density at radius 1 is 1.00 bits per heavy atom. The zero-order chi connectivity index (χ0) is 15.9. The van der Waals surface area contributed by atoms with E-state index in [0.717, 1.165) is 5.75 Å². The highest BCUT2D eigenvalue weighted by Gasteiger charge is 2.06. The van der Waals surface area contributed by atoms with Crippen LogP contribution >= 0.6 is 11.8 Å². The molecule has 2 N–H and O–H groups in total. The van der Waals surface area contributed by atoms with E-state index >= 15 is 0 Å². The molecule has 0 aliphatic rings. The summed E-state index contributed by atoms with van der Waals surface area (Å²) in [5.41, 5.74) is 3.13. The monoisotopic (exact) mass is 315 g/mol. The Bertz CT molecular complexity index is 651. The maximum absolute atomic E-state index is 12.1. The number of aliphatic carboxylic acids is 1. The number of carboxylic acid groups (broad SMARTS) is 1. The van der Waals surface area contributed by atoms with Gasteiger partial charge in [0.2, 0.25) is 0 Å². The number of carbonyl (C=O) groups excluding carboxylic acids is 1. The molecule has 114 valence electrons. The van der Waals surface area contributed by atoms with Crippen molar-refractivity contribution < 1.29 is 14.7 Å². The molecule has 2 aromatic carbocycles. The van der Waals surface area contributed by atoms with Crippen LogP contribution in [0, 0.1) is 0 Å². The molecule has 0 atom stereocenters. The van der Waals surface area contributed by atoms with Crippen LogP contribution in [0.3, 0.4) is 0 Å². The summed E-state index contributed by atoms with van der Waals surface area (Å²) in [6, 6.07) is 14.3. The molecule has 0 spiro atoms. The maximum Gasteiger partial charge on any atom is 0.307 e. The number of carboxylic acids is 1. The lowest BCUT2D eigenvalue weighted by Gasteiger charge is -2.07.